The predicted molar refractivity (Wildman–Crippen MR) is 75.6 cm³/mol. The second-order valence-electron chi connectivity index (χ2n) is 5.26. The Bertz CT molecular complexity index is 377. The van der Waals surface area contributed by atoms with E-state index in [1.165, 1.54) is 0 Å². The summed E-state index contributed by atoms with van der Waals surface area (Å²) in [7, 11) is 1.91. The van der Waals surface area contributed by atoms with Crippen LogP contribution in [-0.2, 0) is 22.9 Å². The Balaban J connectivity index is 1.46. The van der Waals surface area contributed by atoms with Crippen molar-refractivity contribution in [2.24, 2.45) is 7.05 Å². The van der Waals surface area contributed by atoms with Crippen LogP contribution in [0.1, 0.15) is 18.5 Å². The number of aryl methyl sites for hydroxylation is 1. The molecule has 1 aliphatic heterocycles. The Morgan fingerprint density at radius 2 is 2.55 bits per heavy atom. The number of rotatable bonds is 9. The van der Waals surface area contributed by atoms with E-state index in [1.54, 1.807) is 4.68 Å². The Labute approximate surface area is 120 Å². The number of aliphatic hydroxyl groups is 1. The highest BCUT2D eigenvalue weighted by Gasteiger charge is 2.15. The van der Waals surface area contributed by atoms with E-state index >= 15 is 0 Å². The molecule has 0 saturated carbocycles. The molecule has 2 unspecified atom stereocenters. The molecule has 2 heterocycles. The maximum atomic E-state index is 9.78. The summed E-state index contributed by atoms with van der Waals surface area (Å²) in [5, 5.41) is 17.3. The molecule has 0 aliphatic carbocycles. The van der Waals surface area contributed by atoms with Gasteiger partial charge in [-0.3, -0.25) is 4.68 Å². The summed E-state index contributed by atoms with van der Waals surface area (Å²) < 4.78 is 12.7. The highest BCUT2D eigenvalue weighted by molar-refractivity contribution is 4.98. The van der Waals surface area contributed by atoms with E-state index in [2.05, 4.69) is 10.4 Å². The van der Waals surface area contributed by atoms with Gasteiger partial charge in [0.15, 0.2) is 0 Å². The fraction of sp³-hybridized carbons (Fsp3) is 0.786. The Kier molecular flexibility index (Phi) is 6.46. The topological polar surface area (TPSA) is 68.5 Å². The lowest BCUT2D eigenvalue weighted by atomic mass is 10.2. The van der Waals surface area contributed by atoms with Gasteiger partial charge in [0.05, 0.1) is 31.1 Å². The Hall–Kier alpha value is -0.950. The number of nitrogens with zero attached hydrogens (tertiary/aromatic N) is 2. The van der Waals surface area contributed by atoms with Crippen LogP contribution in [0.15, 0.2) is 12.3 Å². The van der Waals surface area contributed by atoms with Crippen LogP contribution in [-0.4, -0.2) is 60.0 Å². The number of hydrogen-bond acceptors (Lipinski definition) is 5. The maximum Gasteiger partial charge on any atom is 0.0897 e. The minimum absolute atomic E-state index is 0.222. The Morgan fingerprint density at radius 1 is 1.65 bits per heavy atom. The standard InChI is InChI=1S/C14H25N3O3/c1-17-7-5-12(16-17)4-6-15-9-13(18)10-19-11-14-3-2-8-20-14/h5,7,13-15,18H,2-4,6,8-11H2,1H3. The number of hydrogen-bond donors (Lipinski definition) is 2. The molecule has 1 saturated heterocycles. The van der Waals surface area contributed by atoms with Crippen LogP contribution in [0.25, 0.3) is 0 Å². The third-order valence-corrected chi connectivity index (χ3v) is 3.34. The lowest BCUT2D eigenvalue weighted by molar-refractivity contribution is -0.0163. The first-order valence-electron chi connectivity index (χ1n) is 7.30. The SMILES string of the molecule is Cn1ccc(CCNCC(O)COCC2CCCO2)n1. The molecule has 0 radical (unpaired) electrons. The van der Waals surface area contributed by atoms with Gasteiger partial charge >= 0.3 is 0 Å². The summed E-state index contributed by atoms with van der Waals surface area (Å²) in [5.41, 5.74) is 1.06. The summed E-state index contributed by atoms with van der Waals surface area (Å²) in [5.74, 6) is 0. The van der Waals surface area contributed by atoms with Gasteiger partial charge in [-0.25, -0.2) is 0 Å². The third kappa shape index (κ3) is 5.58. The molecule has 1 aromatic rings. The molecule has 1 aliphatic rings. The van der Waals surface area contributed by atoms with Gasteiger partial charge in [0.1, 0.15) is 0 Å². The first-order chi connectivity index (χ1) is 9.74. The van der Waals surface area contributed by atoms with Gasteiger partial charge < -0.3 is 19.9 Å². The van der Waals surface area contributed by atoms with E-state index in [0.717, 1.165) is 38.1 Å². The number of aliphatic hydroxyl groups excluding tert-OH is 1. The molecule has 0 aromatic carbocycles. The summed E-state index contributed by atoms with van der Waals surface area (Å²) in [6.45, 7) is 3.13. The van der Waals surface area contributed by atoms with Crippen LogP contribution >= 0.6 is 0 Å². The first kappa shape index (κ1) is 15.4. The van der Waals surface area contributed by atoms with Gasteiger partial charge in [0.25, 0.3) is 0 Å². The fourth-order valence-corrected chi connectivity index (χ4v) is 2.25. The molecule has 6 heteroatoms. The van der Waals surface area contributed by atoms with E-state index in [0.29, 0.717) is 19.8 Å². The molecule has 1 fully saturated rings. The van der Waals surface area contributed by atoms with Crippen LogP contribution in [0.5, 0.6) is 0 Å². The quantitative estimate of drug-likeness (QED) is 0.630. The summed E-state index contributed by atoms with van der Waals surface area (Å²) in [6.07, 6.45) is 4.73. The normalized spacial score (nSPS) is 20.4. The molecule has 114 valence electrons. The summed E-state index contributed by atoms with van der Waals surface area (Å²) >= 11 is 0. The fourth-order valence-electron chi connectivity index (χ4n) is 2.25. The second kappa shape index (κ2) is 8.36. The van der Waals surface area contributed by atoms with Gasteiger partial charge in [-0.05, 0) is 18.9 Å². The number of nitrogens with one attached hydrogen (secondary N) is 1. The average Bonchev–Trinajstić information content (AvgIpc) is 3.06. The van der Waals surface area contributed by atoms with Crippen molar-refractivity contribution in [2.75, 3.05) is 32.9 Å². The lowest BCUT2D eigenvalue weighted by Gasteiger charge is -2.14. The number of ether oxygens (including phenoxy) is 2. The van der Waals surface area contributed by atoms with E-state index in [4.69, 9.17) is 9.47 Å². The molecule has 20 heavy (non-hydrogen) atoms. The predicted octanol–water partition coefficient (Wildman–Crippen LogP) is 0.109. The van der Waals surface area contributed by atoms with E-state index < -0.39 is 6.10 Å². The molecule has 2 rings (SSSR count). The van der Waals surface area contributed by atoms with E-state index in [-0.39, 0.29) is 6.10 Å². The van der Waals surface area contributed by atoms with Crippen molar-refractivity contribution in [1.29, 1.82) is 0 Å². The van der Waals surface area contributed by atoms with Gasteiger partial charge in [-0.1, -0.05) is 0 Å². The van der Waals surface area contributed by atoms with Crippen molar-refractivity contribution in [2.45, 2.75) is 31.5 Å². The highest BCUT2D eigenvalue weighted by atomic mass is 16.5. The molecule has 2 atom stereocenters. The van der Waals surface area contributed by atoms with Crippen LogP contribution in [0, 0.1) is 0 Å². The lowest BCUT2D eigenvalue weighted by Crippen LogP contribution is -2.32. The highest BCUT2D eigenvalue weighted by Crippen LogP contribution is 2.11. The molecule has 0 bridgehead atoms. The molecule has 6 nitrogen and oxygen atoms in total. The minimum Gasteiger partial charge on any atom is -0.389 e. The van der Waals surface area contributed by atoms with E-state index in [1.807, 2.05) is 19.3 Å². The minimum atomic E-state index is -0.472. The molecule has 0 amide bonds. The van der Waals surface area contributed by atoms with Crippen molar-refractivity contribution < 1.29 is 14.6 Å². The largest absolute Gasteiger partial charge is 0.389 e. The van der Waals surface area contributed by atoms with Crippen molar-refractivity contribution in [1.82, 2.24) is 15.1 Å². The Morgan fingerprint density at radius 3 is 3.25 bits per heavy atom. The zero-order chi connectivity index (χ0) is 14.2. The number of aromatic nitrogens is 2. The summed E-state index contributed by atoms with van der Waals surface area (Å²) in [6, 6.07) is 2.00. The average molecular weight is 283 g/mol. The van der Waals surface area contributed by atoms with E-state index in [9.17, 15) is 5.11 Å². The van der Waals surface area contributed by atoms with Gasteiger partial charge in [-0.2, -0.15) is 5.10 Å². The zero-order valence-corrected chi connectivity index (χ0v) is 12.1. The van der Waals surface area contributed by atoms with Crippen molar-refractivity contribution in [3.63, 3.8) is 0 Å². The molecular weight excluding hydrogens is 258 g/mol. The van der Waals surface area contributed by atoms with Gasteiger partial charge in [-0.15, -0.1) is 0 Å². The zero-order valence-electron chi connectivity index (χ0n) is 12.1. The third-order valence-electron chi connectivity index (χ3n) is 3.34. The smallest absolute Gasteiger partial charge is 0.0897 e. The molecular formula is C14H25N3O3. The van der Waals surface area contributed by atoms with Crippen LogP contribution < -0.4 is 5.32 Å². The molecule has 2 N–H and O–H groups in total. The second-order valence-corrected chi connectivity index (χ2v) is 5.26. The first-order valence-corrected chi connectivity index (χ1v) is 7.30. The van der Waals surface area contributed by atoms with Crippen molar-refractivity contribution >= 4 is 0 Å². The molecule has 0 spiro atoms. The monoisotopic (exact) mass is 283 g/mol. The maximum absolute atomic E-state index is 9.78. The van der Waals surface area contributed by atoms with Crippen LogP contribution in [0.3, 0.4) is 0 Å². The van der Waals surface area contributed by atoms with Crippen LogP contribution in [0.2, 0.25) is 0 Å². The van der Waals surface area contributed by atoms with Gasteiger partial charge in [0, 0.05) is 39.4 Å². The molecule has 1 aromatic heterocycles. The summed E-state index contributed by atoms with van der Waals surface area (Å²) in [4.78, 5) is 0. The van der Waals surface area contributed by atoms with Crippen molar-refractivity contribution in [3.05, 3.63) is 18.0 Å². The van der Waals surface area contributed by atoms with Gasteiger partial charge in [0.2, 0.25) is 0 Å². The van der Waals surface area contributed by atoms with Crippen LogP contribution in [0.4, 0.5) is 0 Å². The van der Waals surface area contributed by atoms with Crippen molar-refractivity contribution in [3.8, 4) is 0 Å².